The van der Waals surface area contributed by atoms with E-state index in [1.165, 1.54) is 0 Å². The molecule has 26 heavy (non-hydrogen) atoms. The largest absolute Gasteiger partial charge is 0.509 e. The maximum atomic E-state index is 11.1. The number of benzene rings is 2. The Hall–Kier alpha value is -2.40. The summed E-state index contributed by atoms with van der Waals surface area (Å²) in [6, 6.07) is 17.5. The van der Waals surface area contributed by atoms with E-state index in [9.17, 15) is 4.79 Å². The molecule has 0 saturated carbocycles. The van der Waals surface area contributed by atoms with Crippen molar-refractivity contribution in [3.63, 3.8) is 0 Å². The van der Waals surface area contributed by atoms with Crippen LogP contribution in [-0.4, -0.2) is 24.9 Å². The van der Waals surface area contributed by atoms with Crippen LogP contribution in [0, 0.1) is 0 Å². The van der Waals surface area contributed by atoms with Gasteiger partial charge in [-0.05, 0) is 37.5 Å². The van der Waals surface area contributed by atoms with Crippen molar-refractivity contribution in [3.05, 3.63) is 60.2 Å². The molecule has 0 aliphatic heterocycles. The molecule has 1 unspecified atom stereocenters. The second-order valence-electron chi connectivity index (χ2n) is 5.56. The maximum absolute atomic E-state index is 11.1. The van der Waals surface area contributed by atoms with Crippen LogP contribution in [0.3, 0.4) is 0 Å². The Balaban J connectivity index is 1.63. The summed E-state index contributed by atoms with van der Waals surface area (Å²) in [5, 5.41) is 0. The van der Waals surface area contributed by atoms with Crippen molar-refractivity contribution in [2.45, 2.75) is 31.9 Å². The Kier molecular flexibility index (Phi) is 8.63. The van der Waals surface area contributed by atoms with Gasteiger partial charge in [0.2, 0.25) is 0 Å². The van der Waals surface area contributed by atoms with Crippen LogP contribution in [-0.2, 0) is 16.1 Å². The van der Waals surface area contributed by atoms with Gasteiger partial charge in [0.15, 0.2) is 5.56 Å². The van der Waals surface area contributed by atoms with Gasteiger partial charge in [0, 0.05) is 6.07 Å². The zero-order valence-corrected chi connectivity index (χ0v) is 15.5. The van der Waals surface area contributed by atoms with E-state index in [0.717, 1.165) is 23.5 Å². The zero-order chi connectivity index (χ0) is 18.6. The summed E-state index contributed by atoms with van der Waals surface area (Å²) < 4.78 is 21.0. The minimum atomic E-state index is -0.753. The molecular formula is C20H23ClO5. The number of carbonyl (C=O) groups excluding carboxylic acids is 1. The highest BCUT2D eigenvalue weighted by molar-refractivity contribution is 6.19. The lowest BCUT2D eigenvalue weighted by molar-refractivity contribution is 0.0480. The molecule has 2 aromatic carbocycles. The van der Waals surface area contributed by atoms with Crippen molar-refractivity contribution in [2.24, 2.45) is 0 Å². The minimum absolute atomic E-state index is 0.270. The van der Waals surface area contributed by atoms with Crippen LogP contribution in [0.5, 0.6) is 11.5 Å². The van der Waals surface area contributed by atoms with Crippen LogP contribution < -0.4 is 9.47 Å². The van der Waals surface area contributed by atoms with Gasteiger partial charge in [0.1, 0.15) is 18.1 Å². The van der Waals surface area contributed by atoms with Crippen molar-refractivity contribution in [1.29, 1.82) is 0 Å². The standard InChI is InChI=1S/C20H23ClO5/c1-16(21)26-20(22)24-13-6-5-12-23-18-10-7-11-19(14-18)25-15-17-8-3-2-4-9-17/h2-4,7-11,14,16H,5-6,12-13,15H2,1H3. The highest BCUT2D eigenvalue weighted by atomic mass is 35.5. The Morgan fingerprint density at radius 1 is 0.962 bits per heavy atom. The first-order valence-corrected chi connectivity index (χ1v) is 8.94. The number of ether oxygens (including phenoxy) is 4. The average molecular weight is 379 g/mol. The molecule has 0 aliphatic rings. The van der Waals surface area contributed by atoms with Crippen molar-refractivity contribution in [1.82, 2.24) is 0 Å². The van der Waals surface area contributed by atoms with E-state index < -0.39 is 11.7 Å². The summed E-state index contributed by atoms with van der Waals surface area (Å²) in [7, 11) is 0. The van der Waals surface area contributed by atoms with Crippen molar-refractivity contribution in [2.75, 3.05) is 13.2 Å². The third-order valence-electron chi connectivity index (χ3n) is 3.34. The third kappa shape index (κ3) is 8.12. The molecule has 1 atom stereocenters. The summed E-state index contributed by atoms with van der Waals surface area (Å²) >= 11 is 5.52. The monoisotopic (exact) mass is 378 g/mol. The summed E-state index contributed by atoms with van der Waals surface area (Å²) in [6.45, 7) is 2.85. The van der Waals surface area contributed by atoms with Gasteiger partial charge in [-0.1, -0.05) is 48.0 Å². The molecule has 0 aromatic heterocycles. The van der Waals surface area contributed by atoms with Crippen molar-refractivity contribution in [3.8, 4) is 11.5 Å². The molecule has 2 aromatic rings. The van der Waals surface area contributed by atoms with Gasteiger partial charge in [0.25, 0.3) is 0 Å². The average Bonchev–Trinajstić information content (AvgIpc) is 2.63. The van der Waals surface area contributed by atoms with E-state index in [0.29, 0.717) is 19.6 Å². The fourth-order valence-corrected chi connectivity index (χ4v) is 2.18. The number of unbranched alkanes of at least 4 members (excludes halogenated alkanes) is 1. The first kappa shape index (κ1) is 19.9. The molecule has 0 N–H and O–H groups in total. The molecule has 0 bridgehead atoms. The first-order chi connectivity index (χ1) is 12.6. The van der Waals surface area contributed by atoms with E-state index in [1.807, 2.05) is 54.6 Å². The molecule has 0 saturated heterocycles. The van der Waals surface area contributed by atoms with Crippen LogP contribution in [0.25, 0.3) is 0 Å². The lowest BCUT2D eigenvalue weighted by Gasteiger charge is -2.10. The number of carbonyl (C=O) groups is 1. The number of alkyl halides is 1. The maximum Gasteiger partial charge on any atom is 0.509 e. The lowest BCUT2D eigenvalue weighted by Crippen LogP contribution is -2.12. The first-order valence-electron chi connectivity index (χ1n) is 8.50. The van der Waals surface area contributed by atoms with Gasteiger partial charge in [-0.15, -0.1) is 0 Å². The smallest absolute Gasteiger partial charge is 0.493 e. The topological polar surface area (TPSA) is 54.0 Å². The molecule has 0 radical (unpaired) electrons. The molecule has 2 rings (SSSR count). The number of hydrogen-bond acceptors (Lipinski definition) is 5. The van der Waals surface area contributed by atoms with Crippen LogP contribution >= 0.6 is 11.6 Å². The second kappa shape index (κ2) is 11.3. The Morgan fingerprint density at radius 2 is 1.65 bits per heavy atom. The molecular weight excluding hydrogens is 356 g/mol. The Bertz CT molecular complexity index is 660. The van der Waals surface area contributed by atoms with Gasteiger partial charge in [-0.25, -0.2) is 4.79 Å². The summed E-state index contributed by atoms with van der Waals surface area (Å²) in [6.07, 6.45) is 0.672. The SMILES string of the molecule is CC(Cl)OC(=O)OCCCCOc1cccc(OCc2ccccc2)c1. The molecule has 140 valence electrons. The van der Waals surface area contributed by atoms with Crippen LogP contribution in [0.15, 0.2) is 54.6 Å². The predicted octanol–water partition coefficient (Wildman–Crippen LogP) is 5.16. The fourth-order valence-electron chi connectivity index (χ4n) is 2.11. The summed E-state index contributed by atoms with van der Waals surface area (Å²) in [4.78, 5) is 11.1. The molecule has 0 spiro atoms. The quantitative estimate of drug-likeness (QED) is 0.324. The third-order valence-corrected chi connectivity index (χ3v) is 3.43. The number of halogens is 1. The van der Waals surface area contributed by atoms with Gasteiger partial charge in [-0.2, -0.15) is 0 Å². The second-order valence-corrected chi connectivity index (χ2v) is 6.18. The van der Waals surface area contributed by atoms with E-state index in [2.05, 4.69) is 4.74 Å². The molecule has 0 amide bonds. The van der Waals surface area contributed by atoms with Gasteiger partial charge in [-0.3, -0.25) is 0 Å². The van der Waals surface area contributed by atoms with Gasteiger partial charge in [0.05, 0.1) is 13.2 Å². The van der Waals surface area contributed by atoms with Crippen molar-refractivity contribution < 1.29 is 23.7 Å². The Morgan fingerprint density at radius 3 is 2.38 bits per heavy atom. The van der Waals surface area contributed by atoms with Gasteiger partial charge < -0.3 is 18.9 Å². The molecule has 0 heterocycles. The van der Waals surface area contributed by atoms with Crippen molar-refractivity contribution >= 4 is 17.8 Å². The summed E-state index contributed by atoms with van der Waals surface area (Å²) in [5.41, 5.74) is 0.420. The summed E-state index contributed by atoms with van der Waals surface area (Å²) in [5.74, 6) is 1.50. The molecule has 0 fully saturated rings. The minimum Gasteiger partial charge on any atom is -0.493 e. The van der Waals surface area contributed by atoms with Crippen LogP contribution in [0.2, 0.25) is 0 Å². The van der Waals surface area contributed by atoms with E-state index in [-0.39, 0.29) is 6.61 Å². The number of rotatable bonds is 10. The Labute approximate surface area is 158 Å². The highest BCUT2D eigenvalue weighted by Crippen LogP contribution is 2.20. The highest BCUT2D eigenvalue weighted by Gasteiger charge is 2.07. The fraction of sp³-hybridized carbons (Fsp3) is 0.350. The molecule has 6 heteroatoms. The van der Waals surface area contributed by atoms with Gasteiger partial charge >= 0.3 is 6.16 Å². The van der Waals surface area contributed by atoms with Crippen LogP contribution in [0.4, 0.5) is 4.79 Å². The molecule has 0 aliphatic carbocycles. The van der Waals surface area contributed by atoms with Crippen LogP contribution in [0.1, 0.15) is 25.3 Å². The lowest BCUT2D eigenvalue weighted by atomic mass is 10.2. The predicted molar refractivity (Wildman–Crippen MR) is 99.7 cm³/mol. The van der Waals surface area contributed by atoms with E-state index in [4.69, 9.17) is 25.8 Å². The normalized spacial score (nSPS) is 11.5. The number of hydrogen-bond donors (Lipinski definition) is 0. The molecule has 5 nitrogen and oxygen atoms in total. The zero-order valence-electron chi connectivity index (χ0n) is 14.7. The van der Waals surface area contributed by atoms with E-state index >= 15 is 0 Å². The van der Waals surface area contributed by atoms with E-state index in [1.54, 1.807) is 6.92 Å².